The molecule has 0 saturated carbocycles. The van der Waals surface area contributed by atoms with E-state index < -0.39 is 0 Å². The second-order valence-corrected chi connectivity index (χ2v) is 5.36. The molecule has 0 fully saturated rings. The van der Waals surface area contributed by atoms with Gasteiger partial charge in [0, 0.05) is 4.90 Å². The third-order valence-corrected chi connectivity index (χ3v) is 3.76. The molecule has 0 spiro atoms. The zero-order valence-electron chi connectivity index (χ0n) is 10.8. The summed E-state index contributed by atoms with van der Waals surface area (Å²) in [4.78, 5) is 1.43. The number of benzene rings is 2. The van der Waals surface area contributed by atoms with Gasteiger partial charge in [0.15, 0.2) is 0 Å². The number of rotatable bonds is 4. The van der Waals surface area contributed by atoms with Crippen molar-refractivity contribution in [3.8, 4) is 11.5 Å². The van der Waals surface area contributed by atoms with E-state index in [9.17, 15) is 0 Å². The van der Waals surface area contributed by atoms with Crippen LogP contribution in [0.5, 0.6) is 11.5 Å². The average Bonchev–Trinajstić information content (AvgIpc) is 2.41. The fraction of sp³-hybridized carbons (Fsp3) is 0.133. The molecule has 0 radical (unpaired) electrons. The fourth-order valence-corrected chi connectivity index (χ4v) is 2.48. The molecule has 0 saturated heterocycles. The first-order valence-electron chi connectivity index (χ1n) is 5.83. The van der Waals surface area contributed by atoms with Gasteiger partial charge >= 0.3 is 0 Å². The van der Waals surface area contributed by atoms with Crippen LogP contribution >= 0.6 is 24.0 Å². The summed E-state index contributed by atoms with van der Waals surface area (Å²) in [7, 11) is 0. The number of para-hydroxylation sites is 2. The Labute approximate surface area is 123 Å². The summed E-state index contributed by atoms with van der Waals surface area (Å²) >= 11 is 6.72. The molecule has 2 aromatic carbocycles. The van der Waals surface area contributed by atoms with Crippen LogP contribution in [0.1, 0.15) is 11.1 Å². The molecule has 0 aliphatic rings. The molecule has 4 heteroatoms. The first-order valence-corrected chi connectivity index (χ1v) is 7.47. The van der Waals surface area contributed by atoms with Crippen molar-refractivity contribution in [2.45, 2.75) is 11.8 Å². The van der Waals surface area contributed by atoms with Crippen LogP contribution in [0.2, 0.25) is 0 Å². The quantitative estimate of drug-likeness (QED) is 0.677. The highest BCUT2D eigenvalue weighted by atomic mass is 32.2. The SMILES string of the molecule is CSc1ccccc1Oc1c(C)cccc1C(N)=S. The van der Waals surface area contributed by atoms with E-state index in [4.69, 9.17) is 22.7 Å². The summed E-state index contributed by atoms with van der Waals surface area (Å²) in [6, 6.07) is 13.7. The molecule has 98 valence electrons. The Morgan fingerprint density at radius 2 is 1.89 bits per heavy atom. The number of aryl methyl sites for hydroxylation is 1. The van der Waals surface area contributed by atoms with Crippen molar-refractivity contribution in [3.05, 3.63) is 53.6 Å². The van der Waals surface area contributed by atoms with Crippen molar-refractivity contribution in [2.24, 2.45) is 5.73 Å². The van der Waals surface area contributed by atoms with Crippen molar-refractivity contribution < 1.29 is 4.74 Å². The zero-order valence-corrected chi connectivity index (χ0v) is 12.5. The summed E-state index contributed by atoms with van der Waals surface area (Å²) in [5.74, 6) is 1.55. The molecule has 0 aliphatic carbocycles. The van der Waals surface area contributed by atoms with Crippen LogP contribution in [-0.4, -0.2) is 11.2 Å². The highest BCUT2D eigenvalue weighted by molar-refractivity contribution is 7.98. The minimum atomic E-state index is 0.348. The van der Waals surface area contributed by atoms with Gasteiger partial charge in [-0.05, 0) is 36.9 Å². The Morgan fingerprint density at radius 1 is 1.16 bits per heavy atom. The molecular formula is C15H15NOS2. The van der Waals surface area contributed by atoms with Gasteiger partial charge in [-0.1, -0.05) is 36.5 Å². The Hall–Kier alpha value is -1.52. The van der Waals surface area contributed by atoms with Crippen molar-refractivity contribution in [2.75, 3.05) is 6.26 Å². The molecule has 0 bridgehead atoms. The molecule has 2 nitrogen and oxygen atoms in total. The Morgan fingerprint density at radius 3 is 2.58 bits per heavy atom. The van der Waals surface area contributed by atoms with Crippen LogP contribution in [0, 0.1) is 6.92 Å². The second kappa shape index (κ2) is 6.08. The average molecular weight is 289 g/mol. The fourth-order valence-electron chi connectivity index (χ4n) is 1.80. The molecule has 0 amide bonds. The van der Waals surface area contributed by atoms with Crippen LogP contribution in [0.3, 0.4) is 0 Å². The lowest BCUT2D eigenvalue weighted by Gasteiger charge is -2.14. The molecule has 0 unspecified atom stereocenters. The summed E-state index contributed by atoms with van der Waals surface area (Å²) < 4.78 is 6.04. The van der Waals surface area contributed by atoms with E-state index in [2.05, 4.69) is 0 Å². The van der Waals surface area contributed by atoms with Gasteiger partial charge in [-0.3, -0.25) is 0 Å². The van der Waals surface area contributed by atoms with Gasteiger partial charge in [-0.15, -0.1) is 11.8 Å². The summed E-state index contributed by atoms with van der Waals surface area (Å²) in [6.45, 7) is 1.98. The van der Waals surface area contributed by atoms with Crippen LogP contribution in [0.4, 0.5) is 0 Å². The molecule has 2 aromatic rings. The van der Waals surface area contributed by atoms with E-state index in [0.717, 1.165) is 27.5 Å². The van der Waals surface area contributed by atoms with Crippen LogP contribution in [0.25, 0.3) is 0 Å². The van der Waals surface area contributed by atoms with E-state index >= 15 is 0 Å². The van der Waals surface area contributed by atoms with E-state index in [-0.39, 0.29) is 0 Å². The van der Waals surface area contributed by atoms with Gasteiger partial charge in [-0.25, -0.2) is 0 Å². The molecular weight excluding hydrogens is 274 g/mol. The van der Waals surface area contributed by atoms with Gasteiger partial charge in [0.1, 0.15) is 16.5 Å². The number of hydrogen-bond donors (Lipinski definition) is 1. The lowest BCUT2D eigenvalue weighted by atomic mass is 10.1. The summed E-state index contributed by atoms with van der Waals surface area (Å²) in [5.41, 5.74) is 7.54. The highest BCUT2D eigenvalue weighted by Crippen LogP contribution is 2.34. The lowest BCUT2D eigenvalue weighted by Crippen LogP contribution is -2.11. The topological polar surface area (TPSA) is 35.2 Å². The van der Waals surface area contributed by atoms with Crippen molar-refractivity contribution in [3.63, 3.8) is 0 Å². The van der Waals surface area contributed by atoms with Crippen LogP contribution in [0.15, 0.2) is 47.4 Å². The van der Waals surface area contributed by atoms with E-state index in [1.54, 1.807) is 11.8 Å². The van der Waals surface area contributed by atoms with Crippen molar-refractivity contribution in [1.29, 1.82) is 0 Å². The van der Waals surface area contributed by atoms with E-state index in [0.29, 0.717) is 4.99 Å². The summed E-state index contributed by atoms with van der Waals surface area (Å²) in [6.07, 6.45) is 2.02. The van der Waals surface area contributed by atoms with Crippen molar-refractivity contribution in [1.82, 2.24) is 0 Å². The third-order valence-electron chi connectivity index (χ3n) is 2.76. The maximum atomic E-state index is 6.04. The van der Waals surface area contributed by atoms with Gasteiger partial charge in [0.2, 0.25) is 0 Å². The standard InChI is InChI=1S/C15H15NOS2/c1-10-6-5-7-11(15(16)18)14(10)17-12-8-3-4-9-13(12)19-2/h3-9H,1-2H3,(H2,16,18). The zero-order chi connectivity index (χ0) is 13.8. The smallest absolute Gasteiger partial charge is 0.141 e. The molecule has 0 heterocycles. The highest BCUT2D eigenvalue weighted by Gasteiger charge is 2.12. The molecule has 0 atom stereocenters. The normalized spacial score (nSPS) is 10.2. The number of thioether (sulfide) groups is 1. The van der Waals surface area contributed by atoms with Crippen LogP contribution in [-0.2, 0) is 0 Å². The minimum absolute atomic E-state index is 0.348. The lowest BCUT2D eigenvalue weighted by molar-refractivity contribution is 0.466. The molecule has 0 aromatic heterocycles. The predicted molar refractivity (Wildman–Crippen MR) is 85.4 cm³/mol. The number of ether oxygens (including phenoxy) is 1. The Balaban J connectivity index is 2.46. The van der Waals surface area contributed by atoms with Gasteiger partial charge in [0.25, 0.3) is 0 Å². The van der Waals surface area contributed by atoms with Gasteiger partial charge < -0.3 is 10.5 Å². The van der Waals surface area contributed by atoms with Crippen LogP contribution < -0.4 is 10.5 Å². The maximum Gasteiger partial charge on any atom is 0.141 e. The molecule has 2 rings (SSSR count). The Kier molecular flexibility index (Phi) is 4.45. The second-order valence-electron chi connectivity index (χ2n) is 4.07. The molecule has 19 heavy (non-hydrogen) atoms. The summed E-state index contributed by atoms with van der Waals surface area (Å²) in [5, 5.41) is 0. The number of nitrogens with two attached hydrogens (primary N) is 1. The van der Waals surface area contributed by atoms with Gasteiger partial charge in [0.05, 0.1) is 5.56 Å². The first-order chi connectivity index (χ1) is 9.13. The van der Waals surface area contributed by atoms with Crippen molar-refractivity contribution >= 4 is 29.0 Å². The maximum absolute atomic E-state index is 6.04. The predicted octanol–water partition coefficient (Wildman–Crippen LogP) is 4.14. The first kappa shape index (κ1) is 13.9. The largest absolute Gasteiger partial charge is 0.455 e. The molecule has 2 N–H and O–H groups in total. The monoisotopic (exact) mass is 289 g/mol. The van der Waals surface area contributed by atoms with E-state index in [1.807, 2.05) is 55.6 Å². The minimum Gasteiger partial charge on any atom is -0.455 e. The number of thiocarbonyl (C=S) groups is 1. The third kappa shape index (κ3) is 3.08. The van der Waals surface area contributed by atoms with E-state index in [1.165, 1.54) is 0 Å². The van der Waals surface area contributed by atoms with Gasteiger partial charge in [-0.2, -0.15) is 0 Å². The molecule has 0 aliphatic heterocycles. The number of hydrogen-bond acceptors (Lipinski definition) is 3. The Bertz CT molecular complexity index is 611.